The molecule has 0 unspecified atom stereocenters. The summed E-state index contributed by atoms with van der Waals surface area (Å²) in [5.74, 6) is 1.32. The van der Waals surface area contributed by atoms with Gasteiger partial charge in [0.1, 0.15) is 11.4 Å². The number of hydroxylamine groups is 1. The van der Waals surface area contributed by atoms with Crippen molar-refractivity contribution in [3.8, 4) is 23.0 Å². The van der Waals surface area contributed by atoms with E-state index in [-0.39, 0.29) is 20.8 Å². The van der Waals surface area contributed by atoms with Gasteiger partial charge in [0.15, 0.2) is 5.82 Å². The zero-order valence-electron chi connectivity index (χ0n) is 26.7. The van der Waals surface area contributed by atoms with Crippen LogP contribution >= 0.6 is 0 Å². The number of carbonyl (C=O) groups is 1. The molecule has 0 bridgehead atoms. The third kappa shape index (κ3) is 7.04. The number of imidazole rings is 1. The van der Waals surface area contributed by atoms with Gasteiger partial charge < -0.3 is 10.1 Å². The molecule has 4 aromatic carbocycles. The Hall–Kier alpha value is -5.51. The molecular weight excluding hydrogens is 669 g/mol. The number of urea groups is 1. The maximum absolute atomic E-state index is 13.5. The smallest absolute Gasteiger partial charge is 0.357 e. The molecule has 2 amide bonds. The molecule has 0 fully saturated rings. The Balaban J connectivity index is 1.21. The lowest BCUT2D eigenvalue weighted by molar-refractivity contribution is 0.0756. The number of methoxy groups -OCH3 is 1. The fourth-order valence-electron chi connectivity index (χ4n) is 5.03. The van der Waals surface area contributed by atoms with Crippen LogP contribution in [0.4, 0.5) is 4.79 Å². The van der Waals surface area contributed by atoms with E-state index in [2.05, 4.69) is 15.5 Å². The zero-order valence-corrected chi connectivity index (χ0v) is 28.3. The molecule has 2 heterocycles. The minimum Gasteiger partial charge on any atom is -0.497 e. The fourth-order valence-corrected chi connectivity index (χ4v) is 7.34. The molecule has 0 aliphatic carbocycles. The van der Waals surface area contributed by atoms with Crippen LogP contribution in [-0.2, 0) is 30.8 Å². The van der Waals surface area contributed by atoms with Crippen LogP contribution < -0.4 is 10.1 Å². The first-order valence-corrected chi connectivity index (χ1v) is 17.9. The Morgan fingerprint density at radius 1 is 0.857 bits per heavy atom. The van der Waals surface area contributed by atoms with E-state index >= 15 is 0 Å². The number of aryl methyl sites for hydroxylation is 2. The lowest BCUT2D eigenvalue weighted by atomic mass is 10.1. The molecule has 0 spiro atoms. The number of nitrogens with zero attached hydrogens (tertiary/aromatic N) is 4. The normalized spacial score (nSPS) is 11.8. The van der Waals surface area contributed by atoms with Gasteiger partial charge in [-0.2, -0.15) is 21.9 Å². The minimum absolute atomic E-state index is 0.0285. The van der Waals surface area contributed by atoms with Crippen molar-refractivity contribution in [3.05, 3.63) is 120 Å². The highest BCUT2D eigenvalue weighted by Crippen LogP contribution is 2.30. The number of fused-ring (bicyclic) bond motifs is 1. The molecule has 2 N–H and O–H groups in total. The molecular formula is C34H32N6O7S2. The van der Waals surface area contributed by atoms with Crippen LogP contribution in [0.3, 0.4) is 0 Å². The third-order valence-corrected chi connectivity index (χ3v) is 10.5. The van der Waals surface area contributed by atoms with E-state index in [1.807, 2.05) is 53.1 Å². The van der Waals surface area contributed by atoms with Crippen LogP contribution in [0.1, 0.15) is 16.7 Å². The number of amides is 2. The molecule has 0 saturated carbocycles. The van der Waals surface area contributed by atoms with Gasteiger partial charge in [-0.3, -0.25) is 9.67 Å². The Kier molecular flexibility index (Phi) is 9.23. The average molecular weight is 701 g/mol. The molecule has 13 nitrogen and oxygen atoms in total. The van der Waals surface area contributed by atoms with E-state index in [4.69, 9.17) is 14.0 Å². The standard InChI is InChI=1S/C34H32N6O7S2/c1-23-4-13-28(14-5-23)48(42,43)40(47-49(44,45)29-15-6-24(2)7-16-29)34(41)35-20-18-25-8-10-26(11-9-25)39-32-17-12-27(46-3)22-31(32)37-33(39)30-19-21-36-38-30/h4-17,19,21-22H,18,20H2,1-3H3,(H,35,41)(H,36,38). The molecule has 0 atom stereocenters. The Labute approximate surface area is 283 Å². The van der Waals surface area contributed by atoms with Crippen molar-refractivity contribution in [2.24, 2.45) is 0 Å². The minimum atomic E-state index is -4.74. The Morgan fingerprint density at radius 3 is 2.12 bits per heavy atom. The number of hydrogen-bond donors (Lipinski definition) is 2. The summed E-state index contributed by atoms with van der Waals surface area (Å²) < 4.78 is 65.5. The molecule has 49 heavy (non-hydrogen) atoms. The first kappa shape index (κ1) is 33.4. The Morgan fingerprint density at radius 2 is 1.51 bits per heavy atom. The van der Waals surface area contributed by atoms with Gasteiger partial charge in [0, 0.05) is 24.5 Å². The molecule has 0 radical (unpaired) electrons. The molecule has 0 saturated heterocycles. The van der Waals surface area contributed by atoms with Crippen LogP contribution in [0.15, 0.2) is 113 Å². The predicted octanol–water partition coefficient (Wildman–Crippen LogP) is 5.30. The van der Waals surface area contributed by atoms with E-state index < -0.39 is 26.2 Å². The highest BCUT2D eigenvalue weighted by atomic mass is 32.2. The number of aromatic nitrogens is 4. The van der Waals surface area contributed by atoms with E-state index in [9.17, 15) is 21.6 Å². The molecule has 6 rings (SSSR count). The number of benzene rings is 4. The monoisotopic (exact) mass is 700 g/mol. The van der Waals surface area contributed by atoms with Gasteiger partial charge in [0.25, 0.3) is 10.0 Å². The highest BCUT2D eigenvalue weighted by molar-refractivity contribution is 7.91. The second kappa shape index (κ2) is 13.5. The van der Waals surface area contributed by atoms with Crippen LogP contribution in [0, 0.1) is 13.8 Å². The second-order valence-corrected chi connectivity index (χ2v) is 14.4. The second-order valence-electron chi connectivity index (χ2n) is 11.1. The number of ether oxygens (including phenoxy) is 1. The van der Waals surface area contributed by atoms with Gasteiger partial charge in [-0.1, -0.05) is 52.0 Å². The maximum Gasteiger partial charge on any atom is 0.357 e. The lowest BCUT2D eigenvalue weighted by Gasteiger charge is -2.21. The number of aromatic amines is 1. The van der Waals surface area contributed by atoms with E-state index in [1.54, 1.807) is 27.2 Å². The van der Waals surface area contributed by atoms with Gasteiger partial charge in [-0.25, -0.2) is 9.78 Å². The van der Waals surface area contributed by atoms with Crippen LogP contribution in [0.2, 0.25) is 0 Å². The number of H-pyrrole nitrogens is 1. The summed E-state index contributed by atoms with van der Waals surface area (Å²) in [4.78, 5) is 17.5. The topological polar surface area (TPSA) is 166 Å². The molecule has 6 aromatic rings. The number of sulfonamides is 1. The average Bonchev–Trinajstić information content (AvgIpc) is 3.76. The van der Waals surface area contributed by atoms with E-state index in [0.717, 1.165) is 39.1 Å². The van der Waals surface area contributed by atoms with Crippen molar-refractivity contribution in [2.75, 3.05) is 13.7 Å². The summed E-state index contributed by atoms with van der Waals surface area (Å²) in [5.41, 5.74) is 5.49. The fraction of sp³-hybridized carbons (Fsp3) is 0.147. The number of nitrogens with one attached hydrogen (secondary N) is 2. The summed E-state index contributed by atoms with van der Waals surface area (Å²) in [6.07, 6.45) is 1.94. The van der Waals surface area contributed by atoms with Crippen LogP contribution in [0.25, 0.3) is 28.2 Å². The van der Waals surface area contributed by atoms with E-state index in [1.165, 1.54) is 48.5 Å². The van der Waals surface area contributed by atoms with Gasteiger partial charge >= 0.3 is 16.1 Å². The number of rotatable bonds is 11. The van der Waals surface area contributed by atoms with Crippen molar-refractivity contribution < 1.29 is 30.7 Å². The molecule has 0 aliphatic rings. The van der Waals surface area contributed by atoms with E-state index in [0.29, 0.717) is 18.0 Å². The SMILES string of the molecule is COc1ccc2c(c1)nc(-c1ccn[nH]1)n2-c1ccc(CCNC(=O)N(OS(=O)(=O)c2ccc(C)cc2)S(=O)(=O)c2ccc(C)cc2)cc1. The summed E-state index contributed by atoms with van der Waals surface area (Å²) in [6.45, 7) is 3.50. The van der Waals surface area contributed by atoms with Crippen molar-refractivity contribution in [3.63, 3.8) is 0 Å². The van der Waals surface area contributed by atoms with Crippen molar-refractivity contribution in [1.82, 2.24) is 29.5 Å². The Bertz CT molecular complexity index is 2320. The van der Waals surface area contributed by atoms with Gasteiger partial charge in [0.2, 0.25) is 0 Å². The van der Waals surface area contributed by atoms with Crippen LogP contribution in [-0.4, -0.2) is 60.7 Å². The lowest BCUT2D eigenvalue weighted by Crippen LogP contribution is -2.45. The van der Waals surface area contributed by atoms with Crippen molar-refractivity contribution in [1.29, 1.82) is 0 Å². The molecule has 2 aromatic heterocycles. The summed E-state index contributed by atoms with van der Waals surface area (Å²) >= 11 is 0. The molecule has 0 aliphatic heterocycles. The van der Waals surface area contributed by atoms with Gasteiger partial charge in [-0.05, 0) is 80.4 Å². The number of hydrogen-bond acceptors (Lipinski definition) is 9. The van der Waals surface area contributed by atoms with Crippen LogP contribution in [0.5, 0.6) is 5.75 Å². The van der Waals surface area contributed by atoms with Gasteiger partial charge in [0.05, 0.1) is 27.9 Å². The highest BCUT2D eigenvalue weighted by Gasteiger charge is 2.36. The first-order valence-electron chi connectivity index (χ1n) is 15.0. The molecule has 252 valence electrons. The van der Waals surface area contributed by atoms with Crippen molar-refractivity contribution in [2.45, 2.75) is 30.1 Å². The zero-order chi connectivity index (χ0) is 34.8. The van der Waals surface area contributed by atoms with Gasteiger partial charge in [-0.15, -0.1) is 4.28 Å². The first-order chi connectivity index (χ1) is 23.5. The maximum atomic E-state index is 13.5. The molecule has 15 heteroatoms. The largest absolute Gasteiger partial charge is 0.497 e. The third-order valence-electron chi connectivity index (χ3n) is 7.67. The summed E-state index contributed by atoms with van der Waals surface area (Å²) in [6, 6.07) is 24.9. The summed E-state index contributed by atoms with van der Waals surface area (Å²) in [5, 5.41) is 9.51. The summed E-state index contributed by atoms with van der Waals surface area (Å²) in [7, 11) is -7.85. The van der Waals surface area contributed by atoms with Crippen molar-refractivity contribution >= 4 is 37.2 Å². The number of carbonyl (C=O) groups excluding carboxylic acids is 1. The quantitative estimate of drug-likeness (QED) is 0.171. The predicted molar refractivity (Wildman–Crippen MR) is 182 cm³/mol.